The van der Waals surface area contributed by atoms with Gasteiger partial charge < -0.3 is 14.7 Å². The van der Waals surface area contributed by atoms with Crippen molar-refractivity contribution in [3.05, 3.63) is 12.2 Å². The molecule has 1 unspecified atom stereocenters. The van der Waals surface area contributed by atoms with Crippen molar-refractivity contribution in [3.8, 4) is 0 Å². The molecule has 1 fully saturated rings. The molecule has 4 nitrogen and oxygen atoms in total. The van der Waals surface area contributed by atoms with Gasteiger partial charge in [-0.05, 0) is 13.0 Å². The first-order chi connectivity index (χ1) is 6.27. The Morgan fingerprint density at radius 3 is 3.15 bits per heavy atom. The number of aliphatic hydroxyl groups is 1. The summed E-state index contributed by atoms with van der Waals surface area (Å²) in [4.78, 5) is 13.0. The van der Waals surface area contributed by atoms with Crippen LogP contribution in [0.1, 0.15) is 6.92 Å². The lowest BCUT2D eigenvalue weighted by molar-refractivity contribution is -0.135. The van der Waals surface area contributed by atoms with Crippen LogP contribution < -0.4 is 0 Å². The first kappa shape index (κ1) is 10.2. The smallest absolute Gasteiger partial charge is 0.246 e. The van der Waals surface area contributed by atoms with Crippen molar-refractivity contribution in [3.63, 3.8) is 0 Å². The third kappa shape index (κ3) is 2.82. The maximum Gasteiger partial charge on any atom is 0.246 e. The van der Waals surface area contributed by atoms with E-state index in [-0.39, 0.29) is 18.6 Å². The Bertz CT molecular complexity index is 203. The Morgan fingerprint density at radius 1 is 1.77 bits per heavy atom. The van der Waals surface area contributed by atoms with Crippen LogP contribution in [-0.4, -0.2) is 48.3 Å². The van der Waals surface area contributed by atoms with E-state index in [4.69, 9.17) is 9.84 Å². The molecule has 13 heavy (non-hydrogen) atoms. The van der Waals surface area contributed by atoms with Crippen LogP contribution in [0, 0.1) is 0 Å². The molecule has 0 radical (unpaired) electrons. The monoisotopic (exact) mass is 185 g/mol. The molecule has 1 rings (SSSR count). The minimum Gasteiger partial charge on any atom is -0.394 e. The first-order valence-corrected chi connectivity index (χ1v) is 4.42. The van der Waals surface area contributed by atoms with Gasteiger partial charge >= 0.3 is 0 Å². The van der Waals surface area contributed by atoms with E-state index in [1.807, 2.05) is 6.92 Å². The van der Waals surface area contributed by atoms with Crippen LogP contribution in [0.4, 0.5) is 0 Å². The van der Waals surface area contributed by atoms with Crippen molar-refractivity contribution in [1.82, 2.24) is 4.90 Å². The molecule has 1 aliphatic rings. The number of hydrogen-bond donors (Lipinski definition) is 1. The summed E-state index contributed by atoms with van der Waals surface area (Å²) in [5.41, 5.74) is 0. The third-order valence-corrected chi connectivity index (χ3v) is 1.96. The zero-order valence-electron chi connectivity index (χ0n) is 7.77. The molecule has 1 aliphatic heterocycles. The summed E-state index contributed by atoms with van der Waals surface area (Å²) in [6, 6.07) is 0. The highest BCUT2D eigenvalue weighted by Crippen LogP contribution is 2.05. The van der Waals surface area contributed by atoms with Gasteiger partial charge in [0.05, 0.1) is 19.3 Å². The van der Waals surface area contributed by atoms with Gasteiger partial charge in [-0.15, -0.1) is 0 Å². The van der Waals surface area contributed by atoms with Crippen LogP contribution in [0.5, 0.6) is 0 Å². The maximum atomic E-state index is 11.4. The van der Waals surface area contributed by atoms with Crippen LogP contribution in [0.2, 0.25) is 0 Å². The summed E-state index contributed by atoms with van der Waals surface area (Å²) in [6.45, 7) is 3.38. The summed E-state index contributed by atoms with van der Waals surface area (Å²) in [6.07, 6.45) is 3.02. The average Bonchev–Trinajstić information content (AvgIpc) is 2.18. The van der Waals surface area contributed by atoms with Crippen LogP contribution in [-0.2, 0) is 9.53 Å². The molecular formula is C9H15NO3. The molecule has 1 amide bonds. The van der Waals surface area contributed by atoms with E-state index in [0.29, 0.717) is 19.7 Å². The van der Waals surface area contributed by atoms with Crippen LogP contribution in [0.15, 0.2) is 12.2 Å². The first-order valence-electron chi connectivity index (χ1n) is 4.42. The van der Waals surface area contributed by atoms with E-state index in [1.165, 1.54) is 6.08 Å². The molecule has 1 heterocycles. The zero-order chi connectivity index (χ0) is 9.68. The topological polar surface area (TPSA) is 49.8 Å². The molecule has 1 N–H and O–H groups in total. The van der Waals surface area contributed by atoms with E-state index in [9.17, 15) is 4.79 Å². The second kappa shape index (κ2) is 4.99. The molecule has 0 bridgehead atoms. The van der Waals surface area contributed by atoms with E-state index in [1.54, 1.807) is 11.0 Å². The quantitative estimate of drug-likeness (QED) is 0.605. The fourth-order valence-electron chi connectivity index (χ4n) is 1.28. The average molecular weight is 185 g/mol. The van der Waals surface area contributed by atoms with Gasteiger partial charge in [0, 0.05) is 13.1 Å². The Labute approximate surface area is 77.8 Å². The van der Waals surface area contributed by atoms with Crippen molar-refractivity contribution in [1.29, 1.82) is 0 Å². The van der Waals surface area contributed by atoms with E-state index in [2.05, 4.69) is 0 Å². The number of carbonyl (C=O) groups is 1. The zero-order valence-corrected chi connectivity index (χ0v) is 7.77. The predicted molar refractivity (Wildman–Crippen MR) is 48.2 cm³/mol. The number of carbonyl (C=O) groups excluding carboxylic acids is 1. The lowest BCUT2D eigenvalue weighted by Crippen LogP contribution is -2.46. The fraction of sp³-hybridized carbons (Fsp3) is 0.667. The largest absolute Gasteiger partial charge is 0.394 e. The lowest BCUT2D eigenvalue weighted by Gasteiger charge is -2.31. The highest BCUT2D eigenvalue weighted by molar-refractivity contribution is 5.87. The van der Waals surface area contributed by atoms with Crippen molar-refractivity contribution < 1.29 is 14.6 Å². The van der Waals surface area contributed by atoms with Crippen molar-refractivity contribution >= 4 is 5.91 Å². The van der Waals surface area contributed by atoms with Crippen LogP contribution >= 0.6 is 0 Å². The SMILES string of the molecule is C/C=C/C(=O)N1CCOC(CO)C1. The van der Waals surface area contributed by atoms with Gasteiger partial charge in [-0.3, -0.25) is 4.79 Å². The molecule has 0 aromatic heterocycles. The highest BCUT2D eigenvalue weighted by Gasteiger charge is 2.21. The molecule has 0 saturated carbocycles. The van der Waals surface area contributed by atoms with Gasteiger partial charge in [0.2, 0.25) is 5.91 Å². The standard InChI is InChI=1S/C9H15NO3/c1-2-3-9(12)10-4-5-13-8(6-10)7-11/h2-3,8,11H,4-7H2,1H3/b3-2+. The Hall–Kier alpha value is -0.870. The summed E-state index contributed by atoms with van der Waals surface area (Å²) in [5, 5.41) is 8.84. The molecule has 1 saturated heterocycles. The Balaban J connectivity index is 2.46. The number of allylic oxidation sites excluding steroid dienone is 1. The lowest BCUT2D eigenvalue weighted by atomic mass is 10.3. The second-order valence-corrected chi connectivity index (χ2v) is 2.96. The summed E-state index contributed by atoms with van der Waals surface area (Å²) >= 11 is 0. The number of hydrogen-bond acceptors (Lipinski definition) is 3. The van der Waals surface area contributed by atoms with Gasteiger partial charge in [-0.1, -0.05) is 6.08 Å². The number of ether oxygens (including phenoxy) is 1. The normalized spacial score (nSPS) is 23.8. The summed E-state index contributed by atoms with van der Waals surface area (Å²) in [7, 11) is 0. The molecule has 74 valence electrons. The Morgan fingerprint density at radius 2 is 2.54 bits per heavy atom. The summed E-state index contributed by atoms with van der Waals surface area (Å²) in [5.74, 6) is -0.00995. The predicted octanol–water partition coefficient (Wildman–Crippen LogP) is -0.218. The third-order valence-electron chi connectivity index (χ3n) is 1.96. The molecular weight excluding hydrogens is 170 g/mol. The van der Waals surface area contributed by atoms with Gasteiger partial charge in [0.1, 0.15) is 0 Å². The molecule has 1 atom stereocenters. The van der Waals surface area contributed by atoms with Crippen molar-refractivity contribution in [2.45, 2.75) is 13.0 Å². The number of morpholine rings is 1. The highest BCUT2D eigenvalue weighted by atomic mass is 16.5. The number of amides is 1. The van der Waals surface area contributed by atoms with Crippen LogP contribution in [0.3, 0.4) is 0 Å². The van der Waals surface area contributed by atoms with Crippen molar-refractivity contribution in [2.24, 2.45) is 0 Å². The molecule has 0 aromatic carbocycles. The van der Waals surface area contributed by atoms with Crippen molar-refractivity contribution in [2.75, 3.05) is 26.3 Å². The fourth-order valence-corrected chi connectivity index (χ4v) is 1.28. The van der Waals surface area contributed by atoms with E-state index >= 15 is 0 Å². The maximum absolute atomic E-state index is 11.4. The summed E-state index contributed by atoms with van der Waals surface area (Å²) < 4.78 is 5.22. The molecule has 0 aliphatic carbocycles. The molecule has 0 spiro atoms. The van der Waals surface area contributed by atoms with E-state index < -0.39 is 0 Å². The minimum absolute atomic E-state index is 0.00995. The van der Waals surface area contributed by atoms with Crippen LogP contribution in [0.25, 0.3) is 0 Å². The Kier molecular flexibility index (Phi) is 3.92. The number of nitrogens with zero attached hydrogens (tertiary/aromatic N) is 1. The molecule has 4 heteroatoms. The minimum atomic E-state index is -0.219. The van der Waals surface area contributed by atoms with Gasteiger partial charge in [0.15, 0.2) is 0 Å². The molecule has 0 aromatic rings. The second-order valence-electron chi connectivity index (χ2n) is 2.96. The number of rotatable bonds is 2. The van der Waals surface area contributed by atoms with Gasteiger partial charge in [0.25, 0.3) is 0 Å². The van der Waals surface area contributed by atoms with Gasteiger partial charge in [-0.2, -0.15) is 0 Å². The van der Waals surface area contributed by atoms with Gasteiger partial charge in [-0.25, -0.2) is 0 Å². The number of aliphatic hydroxyl groups excluding tert-OH is 1. The van der Waals surface area contributed by atoms with E-state index in [0.717, 1.165) is 0 Å².